The van der Waals surface area contributed by atoms with Gasteiger partial charge in [-0.2, -0.15) is 5.10 Å². The molecule has 1 aromatic carbocycles. The van der Waals surface area contributed by atoms with Crippen LogP contribution in [0.2, 0.25) is 0 Å². The fourth-order valence-corrected chi connectivity index (χ4v) is 2.98. The van der Waals surface area contributed by atoms with Crippen LogP contribution in [0.1, 0.15) is 25.5 Å². The van der Waals surface area contributed by atoms with Crippen molar-refractivity contribution in [3.63, 3.8) is 0 Å². The van der Waals surface area contributed by atoms with Crippen molar-refractivity contribution in [2.45, 2.75) is 26.3 Å². The van der Waals surface area contributed by atoms with Crippen LogP contribution in [0.3, 0.4) is 0 Å². The summed E-state index contributed by atoms with van der Waals surface area (Å²) in [6.45, 7) is 3.61. The molecular formula is C18H16BrFN4O2. The quantitative estimate of drug-likeness (QED) is 0.703. The monoisotopic (exact) mass is 418 g/mol. The van der Waals surface area contributed by atoms with Gasteiger partial charge < -0.3 is 5.32 Å². The van der Waals surface area contributed by atoms with Crippen LogP contribution in [0.15, 0.2) is 45.9 Å². The van der Waals surface area contributed by atoms with Gasteiger partial charge in [-0.25, -0.2) is 9.07 Å². The maximum atomic E-state index is 13.6. The summed E-state index contributed by atoms with van der Waals surface area (Å²) in [5, 5.41) is 8.02. The molecule has 0 atom stereocenters. The number of hydrogen-bond donors (Lipinski definition) is 1. The van der Waals surface area contributed by atoms with E-state index >= 15 is 0 Å². The van der Waals surface area contributed by atoms with E-state index in [1.54, 1.807) is 12.1 Å². The van der Waals surface area contributed by atoms with Gasteiger partial charge in [0.05, 0.1) is 23.0 Å². The number of nitrogens with zero attached hydrogens (tertiary/aromatic N) is 3. The molecule has 1 N–H and O–H groups in total. The van der Waals surface area contributed by atoms with Crippen LogP contribution in [-0.4, -0.2) is 20.7 Å². The number of hydrogen-bond acceptors (Lipinski definition) is 4. The lowest BCUT2D eigenvalue weighted by Crippen LogP contribution is -2.31. The molecule has 0 aliphatic heterocycles. The lowest BCUT2D eigenvalue weighted by atomic mass is 10.0. The molecule has 0 fully saturated rings. The lowest BCUT2D eigenvalue weighted by Gasteiger charge is -2.13. The Hall–Kier alpha value is -2.61. The molecule has 8 heteroatoms. The van der Waals surface area contributed by atoms with Gasteiger partial charge in [0.15, 0.2) is 5.82 Å². The first-order valence-corrected chi connectivity index (χ1v) is 8.75. The Bertz CT molecular complexity index is 1050. The van der Waals surface area contributed by atoms with Crippen molar-refractivity contribution in [1.82, 2.24) is 14.8 Å². The molecule has 0 radical (unpaired) electrons. The lowest BCUT2D eigenvalue weighted by molar-refractivity contribution is -0.117. The summed E-state index contributed by atoms with van der Waals surface area (Å²) < 4.78 is 15.6. The summed E-state index contributed by atoms with van der Waals surface area (Å²) >= 11 is 3.40. The first kappa shape index (κ1) is 18.2. The summed E-state index contributed by atoms with van der Waals surface area (Å²) in [5.41, 5.74) is 0.345. The van der Waals surface area contributed by atoms with E-state index in [1.165, 1.54) is 12.3 Å². The van der Waals surface area contributed by atoms with E-state index in [1.807, 2.05) is 19.9 Å². The normalized spacial score (nSPS) is 11.1. The second-order valence-electron chi connectivity index (χ2n) is 6.10. The van der Waals surface area contributed by atoms with Crippen molar-refractivity contribution in [3.8, 4) is 0 Å². The van der Waals surface area contributed by atoms with Crippen molar-refractivity contribution in [2.75, 3.05) is 5.32 Å². The highest BCUT2D eigenvalue weighted by Gasteiger charge is 2.16. The number of rotatable bonds is 4. The molecule has 3 aromatic rings. The minimum Gasteiger partial charge on any atom is -0.322 e. The van der Waals surface area contributed by atoms with Gasteiger partial charge in [0, 0.05) is 16.1 Å². The van der Waals surface area contributed by atoms with E-state index in [0.29, 0.717) is 11.1 Å². The molecular weight excluding hydrogens is 403 g/mol. The molecule has 3 rings (SSSR count). The molecule has 0 bridgehead atoms. The maximum Gasteiger partial charge on any atom is 0.275 e. The Labute approximate surface area is 157 Å². The second kappa shape index (κ2) is 7.33. The summed E-state index contributed by atoms with van der Waals surface area (Å²) in [4.78, 5) is 28.6. The number of fused-ring (bicyclic) bond motifs is 1. The number of halogens is 2. The van der Waals surface area contributed by atoms with Gasteiger partial charge in [0.1, 0.15) is 6.54 Å². The number of aromatic nitrogens is 3. The van der Waals surface area contributed by atoms with Gasteiger partial charge in [-0.1, -0.05) is 29.8 Å². The van der Waals surface area contributed by atoms with Gasteiger partial charge >= 0.3 is 0 Å². The van der Waals surface area contributed by atoms with Gasteiger partial charge in [0.25, 0.3) is 5.56 Å². The number of anilines is 1. The third-order valence-electron chi connectivity index (χ3n) is 3.84. The van der Waals surface area contributed by atoms with E-state index in [9.17, 15) is 14.0 Å². The zero-order valence-electron chi connectivity index (χ0n) is 14.2. The first-order valence-electron chi connectivity index (χ1n) is 7.96. The molecule has 0 spiro atoms. The topological polar surface area (TPSA) is 76.9 Å². The summed E-state index contributed by atoms with van der Waals surface area (Å²) in [6.07, 6.45) is 2.37. The van der Waals surface area contributed by atoms with Crippen molar-refractivity contribution in [3.05, 3.63) is 63.0 Å². The number of pyridine rings is 1. The predicted octanol–water partition coefficient (Wildman–Crippen LogP) is 3.46. The highest BCUT2D eigenvalue weighted by Crippen LogP contribution is 2.24. The largest absolute Gasteiger partial charge is 0.322 e. The minimum atomic E-state index is -0.646. The average Bonchev–Trinajstić information content (AvgIpc) is 2.59. The molecule has 134 valence electrons. The average molecular weight is 419 g/mol. The van der Waals surface area contributed by atoms with Crippen LogP contribution in [0.4, 0.5) is 10.1 Å². The van der Waals surface area contributed by atoms with Crippen LogP contribution in [0.5, 0.6) is 0 Å². The number of benzene rings is 1. The molecule has 0 aliphatic carbocycles. The Morgan fingerprint density at radius 2 is 2.08 bits per heavy atom. The Balaban J connectivity index is 1.99. The third kappa shape index (κ3) is 3.65. The molecule has 2 aromatic heterocycles. The van der Waals surface area contributed by atoms with E-state index < -0.39 is 11.7 Å². The molecule has 0 saturated heterocycles. The SMILES string of the molecule is CC(C)c1nn(CC(=O)Nc2ccncc2F)c(=O)c2ccc(Br)cc12. The number of nitrogens with one attached hydrogen (secondary N) is 1. The third-order valence-corrected chi connectivity index (χ3v) is 4.33. The predicted molar refractivity (Wildman–Crippen MR) is 101 cm³/mol. The first-order chi connectivity index (χ1) is 12.4. The van der Waals surface area contributed by atoms with Crippen LogP contribution >= 0.6 is 15.9 Å². The number of amides is 1. The molecule has 26 heavy (non-hydrogen) atoms. The number of carbonyl (C=O) groups excluding carboxylic acids is 1. The highest BCUT2D eigenvalue weighted by atomic mass is 79.9. The molecule has 0 saturated carbocycles. The maximum absolute atomic E-state index is 13.6. The van der Waals surface area contributed by atoms with E-state index in [4.69, 9.17) is 0 Å². The van der Waals surface area contributed by atoms with Gasteiger partial charge in [-0.15, -0.1) is 0 Å². The smallest absolute Gasteiger partial charge is 0.275 e. The van der Waals surface area contributed by atoms with Crippen LogP contribution in [0, 0.1) is 5.82 Å². The fraction of sp³-hybridized carbons (Fsp3) is 0.222. The fourth-order valence-electron chi connectivity index (χ4n) is 2.62. The van der Waals surface area contributed by atoms with Gasteiger partial charge in [0.2, 0.25) is 5.91 Å². The van der Waals surface area contributed by atoms with Gasteiger partial charge in [-0.3, -0.25) is 14.6 Å². The Kier molecular flexibility index (Phi) is 5.13. The van der Waals surface area contributed by atoms with Crippen LogP contribution < -0.4 is 10.9 Å². The molecule has 6 nitrogen and oxygen atoms in total. The van der Waals surface area contributed by atoms with Crippen LogP contribution in [-0.2, 0) is 11.3 Å². The Morgan fingerprint density at radius 3 is 2.77 bits per heavy atom. The summed E-state index contributed by atoms with van der Waals surface area (Å²) in [7, 11) is 0. The van der Waals surface area contributed by atoms with Crippen molar-refractivity contribution >= 4 is 38.3 Å². The van der Waals surface area contributed by atoms with E-state index in [0.717, 1.165) is 20.7 Å². The van der Waals surface area contributed by atoms with E-state index in [2.05, 4.69) is 31.3 Å². The molecule has 0 unspecified atom stereocenters. The van der Waals surface area contributed by atoms with E-state index in [-0.39, 0.29) is 23.7 Å². The zero-order chi connectivity index (χ0) is 18.8. The highest BCUT2D eigenvalue weighted by molar-refractivity contribution is 9.10. The molecule has 2 heterocycles. The standard InChI is InChI=1S/C18H16BrFN4O2/c1-10(2)17-13-7-11(19)3-4-12(13)18(26)24(23-17)9-16(25)22-15-5-6-21-8-14(15)20/h3-8,10H,9H2,1-2H3,(H,21,22,25). The minimum absolute atomic E-state index is 0.00634. The van der Waals surface area contributed by atoms with Gasteiger partial charge in [-0.05, 0) is 30.2 Å². The van der Waals surface area contributed by atoms with Crippen LogP contribution in [0.25, 0.3) is 10.8 Å². The van der Waals surface area contributed by atoms with Crippen molar-refractivity contribution in [1.29, 1.82) is 0 Å². The number of carbonyl (C=O) groups is 1. The molecule has 0 aliphatic rings. The zero-order valence-corrected chi connectivity index (χ0v) is 15.7. The van der Waals surface area contributed by atoms with Crippen molar-refractivity contribution in [2.24, 2.45) is 0 Å². The molecule has 1 amide bonds. The van der Waals surface area contributed by atoms with Crippen molar-refractivity contribution < 1.29 is 9.18 Å². The summed E-state index contributed by atoms with van der Waals surface area (Å²) in [6, 6.07) is 6.66. The Morgan fingerprint density at radius 1 is 1.31 bits per heavy atom. The summed E-state index contributed by atoms with van der Waals surface area (Å²) in [5.74, 6) is -1.14. The second-order valence-corrected chi connectivity index (χ2v) is 7.01.